The fourth-order valence-corrected chi connectivity index (χ4v) is 1.91. The SMILES string of the molecule is CCOC(=O)c1ccc2c(c1)C(CO)CN2. The van der Waals surface area contributed by atoms with Crippen LogP contribution in [0.25, 0.3) is 0 Å². The third-order valence-electron chi connectivity index (χ3n) is 2.76. The molecule has 86 valence electrons. The monoisotopic (exact) mass is 221 g/mol. The van der Waals surface area contributed by atoms with Gasteiger partial charge in [-0.15, -0.1) is 0 Å². The number of aliphatic hydroxyl groups excluding tert-OH is 1. The van der Waals surface area contributed by atoms with Gasteiger partial charge in [0.25, 0.3) is 0 Å². The van der Waals surface area contributed by atoms with Gasteiger partial charge in [0.2, 0.25) is 0 Å². The first-order valence-corrected chi connectivity index (χ1v) is 5.42. The number of rotatable bonds is 3. The van der Waals surface area contributed by atoms with Gasteiger partial charge in [-0.05, 0) is 30.7 Å². The lowest BCUT2D eigenvalue weighted by Crippen LogP contribution is -2.07. The van der Waals surface area contributed by atoms with Crippen molar-refractivity contribution < 1.29 is 14.6 Å². The van der Waals surface area contributed by atoms with Crippen molar-refractivity contribution in [2.24, 2.45) is 0 Å². The predicted octanol–water partition coefficient (Wildman–Crippen LogP) is 1.36. The van der Waals surface area contributed by atoms with Crippen LogP contribution in [0.5, 0.6) is 0 Å². The minimum Gasteiger partial charge on any atom is -0.462 e. The molecule has 4 heteroatoms. The Bertz CT molecular complexity index is 403. The van der Waals surface area contributed by atoms with E-state index < -0.39 is 0 Å². The van der Waals surface area contributed by atoms with Crippen LogP contribution in [0.1, 0.15) is 28.8 Å². The molecule has 0 radical (unpaired) electrons. The van der Waals surface area contributed by atoms with E-state index >= 15 is 0 Å². The molecule has 1 aromatic rings. The van der Waals surface area contributed by atoms with Gasteiger partial charge in [0.15, 0.2) is 0 Å². The average Bonchev–Trinajstić information content (AvgIpc) is 2.71. The Morgan fingerprint density at radius 2 is 2.44 bits per heavy atom. The molecular formula is C12H15NO3. The predicted molar refractivity (Wildman–Crippen MR) is 60.7 cm³/mol. The number of benzene rings is 1. The Balaban J connectivity index is 2.28. The summed E-state index contributed by atoms with van der Waals surface area (Å²) < 4.78 is 4.93. The van der Waals surface area contributed by atoms with E-state index in [9.17, 15) is 9.90 Å². The second kappa shape index (κ2) is 4.53. The molecule has 0 fully saturated rings. The summed E-state index contributed by atoms with van der Waals surface area (Å²) >= 11 is 0. The minimum absolute atomic E-state index is 0.0735. The average molecular weight is 221 g/mol. The quantitative estimate of drug-likeness (QED) is 0.757. The fourth-order valence-electron chi connectivity index (χ4n) is 1.91. The van der Waals surface area contributed by atoms with E-state index in [1.54, 1.807) is 19.1 Å². The Kier molecular flexibility index (Phi) is 3.10. The van der Waals surface area contributed by atoms with Crippen LogP contribution in [-0.4, -0.2) is 30.8 Å². The van der Waals surface area contributed by atoms with Gasteiger partial charge < -0.3 is 15.2 Å². The second-order valence-electron chi connectivity index (χ2n) is 3.78. The maximum absolute atomic E-state index is 11.5. The summed E-state index contributed by atoms with van der Waals surface area (Å²) in [5.74, 6) is -0.238. The highest BCUT2D eigenvalue weighted by atomic mass is 16.5. The lowest BCUT2D eigenvalue weighted by atomic mass is 10.00. The molecule has 1 atom stereocenters. The Morgan fingerprint density at radius 3 is 3.12 bits per heavy atom. The Labute approximate surface area is 94.2 Å². The van der Waals surface area contributed by atoms with Gasteiger partial charge >= 0.3 is 5.97 Å². The highest BCUT2D eigenvalue weighted by Gasteiger charge is 2.22. The number of hydrogen-bond acceptors (Lipinski definition) is 4. The molecule has 0 saturated carbocycles. The van der Waals surface area contributed by atoms with Gasteiger partial charge in [0.1, 0.15) is 0 Å². The van der Waals surface area contributed by atoms with Crippen molar-refractivity contribution in [1.82, 2.24) is 0 Å². The number of carbonyl (C=O) groups excluding carboxylic acids is 1. The highest BCUT2D eigenvalue weighted by molar-refractivity contribution is 5.90. The minimum atomic E-state index is -0.311. The van der Waals surface area contributed by atoms with E-state index in [-0.39, 0.29) is 18.5 Å². The van der Waals surface area contributed by atoms with Crippen LogP contribution in [0.15, 0.2) is 18.2 Å². The van der Waals surface area contributed by atoms with Crippen LogP contribution in [0.3, 0.4) is 0 Å². The van der Waals surface area contributed by atoms with Crippen molar-refractivity contribution in [1.29, 1.82) is 0 Å². The lowest BCUT2D eigenvalue weighted by molar-refractivity contribution is 0.0526. The van der Waals surface area contributed by atoms with Crippen molar-refractivity contribution in [3.05, 3.63) is 29.3 Å². The van der Waals surface area contributed by atoms with E-state index in [2.05, 4.69) is 5.32 Å². The zero-order valence-corrected chi connectivity index (χ0v) is 9.19. The molecule has 0 saturated heterocycles. The molecule has 0 amide bonds. The second-order valence-corrected chi connectivity index (χ2v) is 3.78. The lowest BCUT2D eigenvalue weighted by Gasteiger charge is -2.07. The normalized spacial score (nSPS) is 17.8. The summed E-state index contributed by atoms with van der Waals surface area (Å²) in [4.78, 5) is 11.5. The van der Waals surface area contributed by atoms with E-state index in [1.165, 1.54) is 0 Å². The number of anilines is 1. The Hall–Kier alpha value is -1.55. The van der Waals surface area contributed by atoms with E-state index in [1.807, 2.05) is 6.07 Å². The van der Waals surface area contributed by atoms with Crippen molar-refractivity contribution in [3.8, 4) is 0 Å². The van der Waals surface area contributed by atoms with Gasteiger partial charge in [0.05, 0.1) is 18.8 Å². The van der Waals surface area contributed by atoms with Crippen molar-refractivity contribution in [2.45, 2.75) is 12.8 Å². The molecular weight excluding hydrogens is 206 g/mol. The van der Waals surface area contributed by atoms with Gasteiger partial charge in [0, 0.05) is 18.2 Å². The van der Waals surface area contributed by atoms with Crippen molar-refractivity contribution >= 4 is 11.7 Å². The zero-order chi connectivity index (χ0) is 11.5. The zero-order valence-electron chi connectivity index (χ0n) is 9.19. The molecule has 1 heterocycles. The maximum atomic E-state index is 11.5. The van der Waals surface area contributed by atoms with Gasteiger partial charge in [-0.3, -0.25) is 0 Å². The number of carbonyl (C=O) groups is 1. The molecule has 0 spiro atoms. The van der Waals surface area contributed by atoms with Crippen LogP contribution < -0.4 is 5.32 Å². The highest BCUT2D eigenvalue weighted by Crippen LogP contribution is 2.31. The number of fused-ring (bicyclic) bond motifs is 1. The summed E-state index contributed by atoms with van der Waals surface area (Å²) in [5, 5.41) is 12.4. The molecule has 0 bridgehead atoms. The van der Waals surface area contributed by atoms with Gasteiger partial charge in [-0.2, -0.15) is 0 Å². The largest absolute Gasteiger partial charge is 0.462 e. The fraction of sp³-hybridized carbons (Fsp3) is 0.417. The van der Waals surface area contributed by atoms with Gasteiger partial charge in [-0.25, -0.2) is 4.79 Å². The van der Waals surface area contributed by atoms with Crippen LogP contribution in [0.2, 0.25) is 0 Å². The van der Waals surface area contributed by atoms with Crippen LogP contribution in [0, 0.1) is 0 Å². The number of esters is 1. The summed E-state index contributed by atoms with van der Waals surface area (Å²) in [6, 6.07) is 5.40. The van der Waals surface area contributed by atoms with Crippen LogP contribution in [0.4, 0.5) is 5.69 Å². The summed E-state index contributed by atoms with van der Waals surface area (Å²) in [6.07, 6.45) is 0. The third kappa shape index (κ3) is 1.88. The molecule has 1 aliphatic heterocycles. The molecule has 4 nitrogen and oxygen atoms in total. The first kappa shape index (κ1) is 11.0. The van der Waals surface area contributed by atoms with Crippen LogP contribution in [-0.2, 0) is 4.74 Å². The molecule has 2 rings (SSSR count). The first-order valence-electron chi connectivity index (χ1n) is 5.42. The maximum Gasteiger partial charge on any atom is 0.338 e. The van der Waals surface area contributed by atoms with E-state index in [0.717, 1.165) is 17.8 Å². The molecule has 0 aromatic heterocycles. The Morgan fingerprint density at radius 1 is 1.62 bits per heavy atom. The summed E-state index contributed by atoms with van der Waals surface area (Å²) in [7, 11) is 0. The molecule has 1 aromatic carbocycles. The van der Waals surface area contributed by atoms with Gasteiger partial charge in [-0.1, -0.05) is 0 Å². The summed E-state index contributed by atoms with van der Waals surface area (Å²) in [5.41, 5.74) is 2.53. The number of ether oxygens (including phenoxy) is 1. The molecule has 1 unspecified atom stereocenters. The van der Waals surface area contributed by atoms with Crippen molar-refractivity contribution in [2.75, 3.05) is 25.1 Å². The standard InChI is InChI=1S/C12H15NO3/c1-2-16-12(15)8-3-4-11-10(5-8)9(7-14)6-13-11/h3-5,9,13-14H,2,6-7H2,1H3. The third-order valence-corrected chi connectivity index (χ3v) is 2.76. The molecule has 0 aliphatic carbocycles. The number of aliphatic hydroxyl groups is 1. The molecule has 1 aliphatic rings. The molecule has 16 heavy (non-hydrogen) atoms. The van der Waals surface area contributed by atoms with E-state index in [4.69, 9.17) is 4.74 Å². The first-order chi connectivity index (χ1) is 7.76. The smallest absolute Gasteiger partial charge is 0.338 e. The van der Waals surface area contributed by atoms with Crippen molar-refractivity contribution in [3.63, 3.8) is 0 Å². The number of hydrogen-bond donors (Lipinski definition) is 2. The number of nitrogens with one attached hydrogen (secondary N) is 1. The summed E-state index contributed by atoms with van der Waals surface area (Å²) in [6.45, 7) is 2.96. The van der Waals surface area contributed by atoms with Crippen LogP contribution >= 0.6 is 0 Å². The van der Waals surface area contributed by atoms with E-state index in [0.29, 0.717) is 12.2 Å². The molecule has 2 N–H and O–H groups in total. The topological polar surface area (TPSA) is 58.6 Å².